The number of nitrogens with one attached hydrogen (secondary N) is 1. The van der Waals surface area contributed by atoms with Crippen molar-refractivity contribution in [1.29, 1.82) is 0 Å². The zero-order chi connectivity index (χ0) is 19.9. The van der Waals surface area contributed by atoms with Crippen molar-refractivity contribution in [2.45, 2.75) is 45.4 Å². The van der Waals surface area contributed by atoms with Gasteiger partial charge in [-0.15, -0.1) is 11.8 Å². The van der Waals surface area contributed by atoms with Gasteiger partial charge in [0.15, 0.2) is 0 Å². The monoisotopic (exact) mass is 396 g/mol. The summed E-state index contributed by atoms with van der Waals surface area (Å²) < 4.78 is 0. The molecule has 2 atom stereocenters. The van der Waals surface area contributed by atoms with Crippen LogP contribution in [0.4, 0.5) is 5.69 Å². The number of amides is 1. The fourth-order valence-electron chi connectivity index (χ4n) is 3.83. The summed E-state index contributed by atoms with van der Waals surface area (Å²) in [7, 11) is 0. The number of nitrogens with zero attached hydrogens (tertiary/aromatic N) is 1. The molecule has 2 aromatic carbocycles. The Hall–Kier alpha value is -1.94. The number of piperidine rings is 1. The van der Waals surface area contributed by atoms with E-state index in [0.29, 0.717) is 5.75 Å². The van der Waals surface area contributed by atoms with Crippen LogP contribution in [-0.4, -0.2) is 24.7 Å². The van der Waals surface area contributed by atoms with Crippen molar-refractivity contribution < 1.29 is 4.79 Å². The average molecular weight is 397 g/mol. The fourth-order valence-corrected chi connectivity index (χ4v) is 4.61. The van der Waals surface area contributed by atoms with Crippen LogP contribution < -0.4 is 10.2 Å². The van der Waals surface area contributed by atoms with Crippen LogP contribution in [0.3, 0.4) is 0 Å². The Balaban J connectivity index is 1.45. The molecule has 0 bridgehead atoms. The highest BCUT2D eigenvalue weighted by atomic mass is 32.2. The van der Waals surface area contributed by atoms with Crippen LogP contribution in [0.15, 0.2) is 48.5 Å². The summed E-state index contributed by atoms with van der Waals surface area (Å²) >= 11 is 1.66. The van der Waals surface area contributed by atoms with Gasteiger partial charge in [0.25, 0.3) is 0 Å². The van der Waals surface area contributed by atoms with Crippen LogP contribution in [0, 0.1) is 12.8 Å². The molecule has 28 heavy (non-hydrogen) atoms. The van der Waals surface area contributed by atoms with Gasteiger partial charge in [0, 0.05) is 24.5 Å². The lowest BCUT2D eigenvalue weighted by Gasteiger charge is -2.33. The number of carbonyl (C=O) groups is 1. The zero-order valence-corrected chi connectivity index (χ0v) is 18.1. The molecule has 0 unspecified atom stereocenters. The van der Waals surface area contributed by atoms with Crippen molar-refractivity contribution in [3.05, 3.63) is 65.2 Å². The third-order valence-corrected chi connectivity index (χ3v) is 6.38. The highest BCUT2D eigenvalue weighted by Gasteiger charge is 2.17. The van der Waals surface area contributed by atoms with E-state index in [2.05, 4.69) is 79.5 Å². The second kappa shape index (κ2) is 10.0. The molecule has 0 aliphatic carbocycles. The second-order valence-electron chi connectivity index (χ2n) is 8.06. The Labute approximate surface area is 173 Å². The molecule has 1 saturated heterocycles. The van der Waals surface area contributed by atoms with E-state index in [1.54, 1.807) is 11.8 Å². The zero-order valence-electron chi connectivity index (χ0n) is 17.3. The first-order valence-corrected chi connectivity index (χ1v) is 11.4. The van der Waals surface area contributed by atoms with Gasteiger partial charge in [-0.3, -0.25) is 4.79 Å². The van der Waals surface area contributed by atoms with Crippen molar-refractivity contribution >= 4 is 23.4 Å². The molecule has 1 N–H and O–H groups in total. The number of anilines is 1. The maximum atomic E-state index is 12.3. The number of hydrogen-bond donors (Lipinski definition) is 1. The summed E-state index contributed by atoms with van der Waals surface area (Å²) in [5.74, 6) is 2.22. The lowest BCUT2D eigenvalue weighted by molar-refractivity contribution is -0.119. The molecule has 1 fully saturated rings. The van der Waals surface area contributed by atoms with Crippen LogP contribution >= 0.6 is 11.8 Å². The lowest BCUT2D eigenvalue weighted by atomic mass is 9.99. The van der Waals surface area contributed by atoms with E-state index in [4.69, 9.17) is 0 Å². The largest absolute Gasteiger partial charge is 0.371 e. The molecule has 0 radical (unpaired) electrons. The molecule has 0 spiro atoms. The van der Waals surface area contributed by atoms with Gasteiger partial charge in [0.05, 0.1) is 11.8 Å². The van der Waals surface area contributed by atoms with Gasteiger partial charge in [-0.1, -0.05) is 48.9 Å². The van der Waals surface area contributed by atoms with Crippen molar-refractivity contribution in [3.8, 4) is 0 Å². The summed E-state index contributed by atoms with van der Waals surface area (Å²) in [6, 6.07) is 17.2. The maximum Gasteiger partial charge on any atom is 0.230 e. The van der Waals surface area contributed by atoms with E-state index in [9.17, 15) is 4.79 Å². The molecule has 2 aromatic rings. The van der Waals surface area contributed by atoms with Crippen LogP contribution in [0.1, 0.15) is 49.4 Å². The van der Waals surface area contributed by atoms with E-state index in [1.807, 2.05) is 0 Å². The molecule has 3 nitrogen and oxygen atoms in total. The Morgan fingerprint density at radius 1 is 1.25 bits per heavy atom. The SMILES string of the molecule is Cc1cccc(CSCC(=O)N[C@H](C)c2ccc(N3CCC[C@@H](C)C3)cc2)c1. The number of benzene rings is 2. The van der Waals surface area contributed by atoms with E-state index in [-0.39, 0.29) is 11.9 Å². The van der Waals surface area contributed by atoms with Crippen LogP contribution in [-0.2, 0) is 10.5 Å². The van der Waals surface area contributed by atoms with Crippen LogP contribution in [0.25, 0.3) is 0 Å². The summed E-state index contributed by atoms with van der Waals surface area (Å²) in [5, 5.41) is 3.13. The first kappa shape index (κ1) is 20.8. The van der Waals surface area contributed by atoms with Gasteiger partial charge in [0.1, 0.15) is 0 Å². The summed E-state index contributed by atoms with van der Waals surface area (Å²) in [5.41, 5.74) is 4.99. The third kappa shape index (κ3) is 6.03. The molecule has 150 valence electrons. The van der Waals surface area contributed by atoms with E-state index in [1.165, 1.54) is 29.7 Å². The van der Waals surface area contributed by atoms with Crippen molar-refractivity contribution in [1.82, 2.24) is 5.32 Å². The molecule has 1 aliphatic heterocycles. The van der Waals surface area contributed by atoms with Crippen molar-refractivity contribution in [3.63, 3.8) is 0 Å². The molecular weight excluding hydrogens is 364 g/mol. The number of thioether (sulfide) groups is 1. The molecule has 0 aromatic heterocycles. The first-order valence-electron chi connectivity index (χ1n) is 10.3. The topological polar surface area (TPSA) is 32.3 Å². The molecular formula is C24H32N2OS. The van der Waals surface area contributed by atoms with Gasteiger partial charge < -0.3 is 10.2 Å². The van der Waals surface area contributed by atoms with E-state index < -0.39 is 0 Å². The smallest absolute Gasteiger partial charge is 0.230 e. The second-order valence-corrected chi connectivity index (χ2v) is 9.04. The van der Waals surface area contributed by atoms with Crippen LogP contribution in [0.5, 0.6) is 0 Å². The number of rotatable bonds is 7. The van der Waals surface area contributed by atoms with Gasteiger partial charge in [-0.2, -0.15) is 0 Å². The average Bonchev–Trinajstić information content (AvgIpc) is 2.68. The summed E-state index contributed by atoms with van der Waals surface area (Å²) in [6.45, 7) is 8.77. The molecule has 0 saturated carbocycles. The minimum Gasteiger partial charge on any atom is -0.371 e. The Morgan fingerprint density at radius 2 is 2.04 bits per heavy atom. The van der Waals surface area contributed by atoms with Gasteiger partial charge in [-0.05, 0) is 55.9 Å². The van der Waals surface area contributed by atoms with Gasteiger partial charge >= 0.3 is 0 Å². The standard InChI is InChI=1S/C24H32N2OS/c1-18-6-4-8-21(14-18)16-28-17-24(27)25-20(3)22-9-11-23(12-10-22)26-13-5-7-19(2)15-26/h4,6,8-12,14,19-20H,5,7,13,15-17H2,1-3H3,(H,25,27)/t19-,20-/m1/s1. The predicted molar refractivity (Wildman–Crippen MR) is 121 cm³/mol. The van der Waals surface area contributed by atoms with Gasteiger partial charge in [-0.25, -0.2) is 0 Å². The number of carbonyl (C=O) groups excluding carboxylic acids is 1. The van der Waals surface area contributed by atoms with Crippen molar-refractivity contribution in [2.75, 3.05) is 23.7 Å². The molecule has 4 heteroatoms. The molecule has 3 rings (SSSR count). The first-order chi connectivity index (χ1) is 13.5. The highest BCUT2D eigenvalue weighted by molar-refractivity contribution is 7.99. The lowest BCUT2D eigenvalue weighted by Crippen LogP contribution is -2.34. The Morgan fingerprint density at radius 3 is 2.75 bits per heavy atom. The summed E-state index contributed by atoms with van der Waals surface area (Å²) in [6.07, 6.45) is 2.61. The number of hydrogen-bond acceptors (Lipinski definition) is 3. The van der Waals surface area contributed by atoms with Crippen molar-refractivity contribution in [2.24, 2.45) is 5.92 Å². The summed E-state index contributed by atoms with van der Waals surface area (Å²) in [4.78, 5) is 14.8. The Bertz CT molecular complexity index is 774. The molecule has 1 amide bonds. The van der Waals surface area contributed by atoms with Crippen LogP contribution in [0.2, 0.25) is 0 Å². The van der Waals surface area contributed by atoms with E-state index in [0.717, 1.165) is 30.3 Å². The Kier molecular flexibility index (Phi) is 7.43. The minimum absolute atomic E-state index is 0.0291. The fraction of sp³-hybridized carbons (Fsp3) is 0.458. The highest BCUT2D eigenvalue weighted by Crippen LogP contribution is 2.24. The minimum atomic E-state index is 0.0291. The molecule has 1 aliphatic rings. The van der Waals surface area contributed by atoms with E-state index >= 15 is 0 Å². The molecule has 1 heterocycles. The predicted octanol–water partition coefficient (Wildman–Crippen LogP) is 5.34. The normalized spacial score (nSPS) is 18.0. The third-order valence-electron chi connectivity index (χ3n) is 5.38. The maximum absolute atomic E-state index is 12.3. The van der Waals surface area contributed by atoms with Gasteiger partial charge in [0.2, 0.25) is 5.91 Å². The quantitative estimate of drug-likeness (QED) is 0.685. The number of aryl methyl sites for hydroxylation is 1.